The first-order valence-corrected chi connectivity index (χ1v) is 6.03. The predicted octanol–water partition coefficient (Wildman–Crippen LogP) is 1.82. The van der Waals surface area contributed by atoms with Gasteiger partial charge in [-0.3, -0.25) is 4.79 Å². The van der Waals surface area contributed by atoms with E-state index in [1.54, 1.807) is 32.4 Å². The molecule has 1 rings (SSSR count). The number of nitrogens with zero attached hydrogens (tertiary/aromatic N) is 1. The number of rotatable bonds is 4. The van der Waals surface area contributed by atoms with E-state index in [-0.39, 0.29) is 17.4 Å². The zero-order valence-electron chi connectivity index (χ0n) is 9.57. The molecule has 0 saturated heterocycles. The van der Waals surface area contributed by atoms with Crippen molar-refractivity contribution in [2.24, 2.45) is 5.73 Å². The zero-order chi connectivity index (χ0) is 13.0. The Kier molecular flexibility index (Phi) is 4.89. The number of benzene rings is 1. The SMILES string of the molecule is COc1ccc(C(=O)N(C)CC(N)=S)cc1Br. The van der Waals surface area contributed by atoms with Crippen LogP contribution in [0.4, 0.5) is 0 Å². The van der Waals surface area contributed by atoms with Crippen molar-refractivity contribution in [3.8, 4) is 5.75 Å². The summed E-state index contributed by atoms with van der Waals surface area (Å²) in [6.07, 6.45) is 0. The van der Waals surface area contributed by atoms with E-state index >= 15 is 0 Å². The molecule has 1 aromatic carbocycles. The zero-order valence-corrected chi connectivity index (χ0v) is 12.0. The van der Waals surface area contributed by atoms with Gasteiger partial charge in [0.2, 0.25) is 0 Å². The predicted molar refractivity (Wildman–Crippen MR) is 74.4 cm³/mol. The van der Waals surface area contributed by atoms with Crippen molar-refractivity contribution in [1.82, 2.24) is 4.90 Å². The molecule has 1 amide bonds. The first kappa shape index (κ1) is 13.9. The molecule has 4 nitrogen and oxygen atoms in total. The monoisotopic (exact) mass is 316 g/mol. The molecule has 0 radical (unpaired) electrons. The molecular formula is C11H13BrN2O2S. The van der Waals surface area contributed by atoms with Crippen LogP contribution in [0.3, 0.4) is 0 Å². The van der Waals surface area contributed by atoms with Crippen molar-refractivity contribution in [3.63, 3.8) is 0 Å². The van der Waals surface area contributed by atoms with Gasteiger partial charge < -0.3 is 15.4 Å². The molecule has 0 heterocycles. The van der Waals surface area contributed by atoms with Crippen LogP contribution in [0.15, 0.2) is 22.7 Å². The van der Waals surface area contributed by atoms with Gasteiger partial charge in [-0.1, -0.05) is 12.2 Å². The highest BCUT2D eigenvalue weighted by Gasteiger charge is 2.13. The molecule has 0 spiro atoms. The van der Waals surface area contributed by atoms with Gasteiger partial charge in [-0.15, -0.1) is 0 Å². The number of halogens is 1. The lowest BCUT2D eigenvalue weighted by atomic mass is 10.2. The number of methoxy groups -OCH3 is 1. The number of nitrogens with two attached hydrogens (primary N) is 1. The van der Waals surface area contributed by atoms with Gasteiger partial charge >= 0.3 is 0 Å². The largest absolute Gasteiger partial charge is 0.496 e. The Bertz CT molecular complexity index is 451. The fourth-order valence-corrected chi connectivity index (χ4v) is 2.06. The second-order valence-corrected chi connectivity index (χ2v) is 4.86. The minimum Gasteiger partial charge on any atom is -0.496 e. The number of hydrogen-bond acceptors (Lipinski definition) is 3. The summed E-state index contributed by atoms with van der Waals surface area (Å²) in [6, 6.07) is 5.13. The third-order valence-electron chi connectivity index (χ3n) is 2.14. The van der Waals surface area contributed by atoms with Gasteiger partial charge in [0.25, 0.3) is 5.91 Å². The number of likely N-dealkylation sites (N-methyl/N-ethyl adjacent to an activating group) is 1. The van der Waals surface area contributed by atoms with Crippen molar-refractivity contribution >= 4 is 39.0 Å². The fourth-order valence-electron chi connectivity index (χ4n) is 1.33. The third-order valence-corrected chi connectivity index (χ3v) is 2.89. The van der Waals surface area contributed by atoms with E-state index in [4.69, 9.17) is 22.7 Å². The molecule has 0 aliphatic carbocycles. The first-order valence-electron chi connectivity index (χ1n) is 4.83. The van der Waals surface area contributed by atoms with E-state index < -0.39 is 0 Å². The van der Waals surface area contributed by atoms with Crippen molar-refractivity contribution in [2.45, 2.75) is 0 Å². The Hall–Kier alpha value is -1.14. The maximum Gasteiger partial charge on any atom is 0.254 e. The molecule has 0 bridgehead atoms. The molecule has 0 saturated carbocycles. The second kappa shape index (κ2) is 5.97. The number of carbonyl (C=O) groups excluding carboxylic acids is 1. The fraction of sp³-hybridized carbons (Fsp3) is 0.273. The quantitative estimate of drug-likeness (QED) is 0.861. The van der Waals surface area contributed by atoms with Crippen LogP contribution >= 0.6 is 28.1 Å². The third kappa shape index (κ3) is 3.67. The van der Waals surface area contributed by atoms with Gasteiger partial charge in [-0.05, 0) is 34.1 Å². The summed E-state index contributed by atoms with van der Waals surface area (Å²) >= 11 is 8.09. The maximum absolute atomic E-state index is 12.0. The Morgan fingerprint density at radius 3 is 2.71 bits per heavy atom. The van der Waals surface area contributed by atoms with Crippen LogP contribution in [0.25, 0.3) is 0 Å². The van der Waals surface area contributed by atoms with Gasteiger partial charge in [0, 0.05) is 12.6 Å². The highest BCUT2D eigenvalue weighted by atomic mass is 79.9. The van der Waals surface area contributed by atoms with Crippen LogP contribution in [0.2, 0.25) is 0 Å². The van der Waals surface area contributed by atoms with Gasteiger partial charge in [-0.25, -0.2) is 0 Å². The number of hydrogen-bond donors (Lipinski definition) is 1. The van der Waals surface area contributed by atoms with Gasteiger partial charge in [0.1, 0.15) is 5.75 Å². The number of amides is 1. The Balaban J connectivity index is 2.89. The van der Waals surface area contributed by atoms with Crippen LogP contribution in [0.1, 0.15) is 10.4 Å². The van der Waals surface area contributed by atoms with Crippen LogP contribution < -0.4 is 10.5 Å². The van der Waals surface area contributed by atoms with Gasteiger partial charge in [0.05, 0.1) is 23.1 Å². The summed E-state index contributed by atoms with van der Waals surface area (Å²) in [5, 5.41) is 0. The van der Waals surface area contributed by atoms with Gasteiger partial charge in [-0.2, -0.15) is 0 Å². The number of carbonyl (C=O) groups is 1. The lowest BCUT2D eigenvalue weighted by Gasteiger charge is -2.16. The molecule has 0 fully saturated rings. The first-order chi connectivity index (χ1) is 7.95. The molecule has 6 heteroatoms. The highest BCUT2D eigenvalue weighted by Crippen LogP contribution is 2.25. The average molecular weight is 317 g/mol. The maximum atomic E-state index is 12.0. The Morgan fingerprint density at radius 2 is 2.24 bits per heavy atom. The topological polar surface area (TPSA) is 55.6 Å². The molecule has 0 atom stereocenters. The molecule has 1 aromatic rings. The number of ether oxygens (including phenoxy) is 1. The normalized spacial score (nSPS) is 9.82. The molecule has 0 aliphatic rings. The van der Waals surface area contributed by atoms with E-state index in [9.17, 15) is 4.79 Å². The molecule has 0 aromatic heterocycles. The van der Waals surface area contributed by atoms with Crippen molar-refractivity contribution in [2.75, 3.05) is 20.7 Å². The summed E-state index contributed by atoms with van der Waals surface area (Å²) in [6.45, 7) is 0.262. The molecule has 0 unspecified atom stereocenters. The van der Waals surface area contributed by atoms with Crippen molar-refractivity contribution in [1.29, 1.82) is 0 Å². The number of thiocarbonyl (C=S) groups is 1. The van der Waals surface area contributed by atoms with E-state index in [2.05, 4.69) is 15.9 Å². The Morgan fingerprint density at radius 1 is 1.59 bits per heavy atom. The summed E-state index contributed by atoms with van der Waals surface area (Å²) in [5.74, 6) is 0.541. The van der Waals surface area contributed by atoms with Gasteiger partial charge in [0.15, 0.2) is 0 Å². The minimum absolute atomic E-state index is 0.138. The highest BCUT2D eigenvalue weighted by molar-refractivity contribution is 9.10. The molecule has 0 aliphatic heterocycles. The van der Waals surface area contributed by atoms with E-state index in [1.165, 1.54) is 4.90 Å². The summed E-state index contributed by atoms with van der Waals surface area (Å²) in [7, 11) is 3.22. The average Bonchev–Trinajstić information content (AvgIpc) is 2.27. The lowest BCUT2D eigenvalue weighted by Crippen LogP contribution is -2.34. The molecule has 17 heavy (non-hydrogen) atoms. The summed E-state index contributed by atoms with van der Waals surface area (Å²) in [4.78, 5) is 13.7. The van der Waals surface area contributed by atoms with E-state index in [0.29, 0.717) is 11.3 Å². The van der Waals surface area contributed by atoms with Crippen LogP contribution in [-0.2, 0) is 0 Å². The summed E-state index contributed by atoms with van der Waals surface area (Å²) in [5.41, 5.74) is 5.95. The standard InChI is InChI=1S/C11H13BrN2O2S/c1-14(6-10(13)17)11(15)7-3-4-9(16-2)8(12)5-7/h3-5H,6H2,1-2H3,(H2,13,17). The van der Waals surface area contributed by atoms with Crippen molar-refractivity contribution in [3.05, 3.63) is 28.2 Å². The molecule has 2 N–H and O–H groups in total. The lowest BCUT2D eigenvalue weighted by molar-refractivity contribution is 0.0815. The van der Waals surface area contributed by atoms with Crippen LogP contribution in [0.5, 0.6) is 5.75 Å². The van der Waals surface area contributed by atoms with Crippen molar-refractivity contribution < 1.29 is 9.53 Å². The molecule has 92 valence electrons. The minimum atomic E-state index is -0.138. The summed E-state index contributed by atoms with van der Waals surface area (Å²) < 4.78 is 5.82. The smallest absolute Gasteiger partial charge is 0.254 e. The Labute approximate surface area is 114 Å². The van der Waals surface area contributed by atoms with Crippen LogP contribution in [0, 0.1) is 0 Å². The van der Waals surface area contributed by atoms with Crippen LogP contribution in [-0.4, -0.2) is 36.5 Å². The van der Waals surface area contributed by atoms with E-state index in [0.717, 1.165) is 4.47 Å². The molecular weight excluding hydrogens is 304 g/mol. The second-order valence-electron chi connectivity index (χ2n) is 3.48. The van der Waals surface area contributed by atoms with E-state index in [1.807, 2.05) is 0 Å².